The average Bonchev–Trinajstić information content (AvgIpc) is 2.75. The van der Waals surface area contributed by atoms with Gasteiger partial charge in [0.25, 0.3) is 5.91 Å². The minimum atomic E-state index is -0.449. The van der Waals surface area contributed by atoms with Gasteiger partial charge in [-0.1, -0.05) is 32.9 Å². The summed E-state index contributed by atoms with van der Waals surface area (Å²) in [7, 11) is 0. The Balaban J connectivity index is 2.62. The highest BCUT2D eigenvalue weighted by atomic mass is 32.2. The van der Waals surface area contributed by atoms with Crippen molar-refractivity contribution in [1.29, 1.82) is 0 Å². The first-order chi connectivity index (χ1) is 16.2. The first kappa shape index (κ1) is 31.5. The smallest absolute Gasteiger partial charge is 0.251 e. The molecule has 35 heavy (non-hydrogen) atoms. The third kappa shape index (κ3) is 13.4. The molecule has 1 aromatic carbocycles. The van der Waals surface area contributed by atoms with E-state index >= 15 is 0 Å². The second-order valence-corrected chi connectivity index (χ2v) is 13.4. The van der Waals surface area contributed by atoms with Crippen molar-refractivity contribution >= 4 is 41.1 Å². The fourth-order valence-corrected chi connectivity index (χ4v) is 4.97. The highest BCUT2D eigenvalue weighted by Gasteiger charge is 2.23. The SMILES string of the molecule is CCSCC(CSC(C)C)C(=O)c1ccc(C(=O)NCC(=O)NC(C)(C)CCOC(C)(C)C)cc1. The number of carbonyl (C=O) groups excluding carboxylic acids is 3. The van der Waals surface area contributed by atoms with Gasteiger partial charge in [0.05, 0.1) is 12.1 Å². The molecular weight excluding hydrogens is 480 g/mol. The Morgan fingerprint density at radius 3 is 2.11 bits per heavy atom. The molecule has 198 valence electrons. The molecule has 0 heterocycles. The van der Waals surface area contributed by atoms with Gasteiger partial charge in [0.15, 0.2) is 5.78 Å². The summed E-state index contributed by atoms with van der Waals surface area (Å²) in [5, 5.41) is 6.07. The lowest BCUT2D eigenvalue weighted by molar-refractivity contribution is -0.122. The van der Waals surface area contributed by atoms with Gasteiger partial charge in [-0.15, -0.1) is 0 Å². The van der Waals surface area contributed by atoms with Crippen molar-refractivity contribution < 1.29 is 19.1 Å². The molecule has 0 aliphatic heterocycles. The Morgan fingerprint density at radius 1 is 0.971 bits per heavy atom. The van der Waals surface area contributed by atoms with Crippen LogP contribution >= 0.6 is 23.5 Å². The van der Waals surface area contributed by atoms with E-state index in [1.54, 1.807) is 47.8 Å². The lowest BCUT2D eigenvalue weighted by Gasteiger charge is -2.28. The number of benzene rings is 1. The van der Waals surface area contributed by atoms with Crippen LogP contribution in [-0.2, 0) is 9.53 Å². The normalized spacial score (nSPS) is 12.9. The summed E-state index contributed by atoms with van der Waals surface area (Å²) in [5.41, 5.74) is 0.361. The molecule has 8 heteroatoms. The van der Waals surface area contributed by atoms with Crippen molar-refractivity contribution in [1.82, 2.24) is 10.6 Å². The average molecular weight is 525 g/mol. The molecule has 2 N–H and O–H groups in total. The molecule has 0 radical (unpaired) electrons. The summed E-state index contributed by atoms with van der Waals surface area (Å²) in [4.78, 5) is 37.9. The summed E-state index contributed by atoms with van der Waals surface area (Å²) in [5.74, 6) is 2.03. The summed E-state index contributed by atoms with van der Waals surface area (Å²) < 4.78 is 5.74. The van der Waals surface area contributed by atoms with Gasteiger partial charge in [0.1, 0.15) is 0 Å². The molecule has 1 unspecified atom stereocenters. The van der Waals surface area contributed by atoms with Crippen LogP contribution in [0.3, 0.4) is 0 Å². The minimum absolute atomic E-state index is 0.0483. The highest BCUT2D eigenvalue weighted by Crippen LogP contribution is 2.22. The van der Waals surface area contributed by atoms with Gasteiger partial charge in [0.2, 0.25) is 5.91 Å². The van der Waals surface area contributed by atoms with E-state index in [9.17, 15) is 14.4 Å². The van der Waals surface area contributed by atoms with E-state index in [4.69, 9.17) is 4.74 Å². The van der Waals surface area contributed by atoms with Crippen LogP contribution in [0.1, 0.15) is 82.5 Å². The summed E-state index contributed by atoms with van der Waals surface area (Å²) in [6, 6.07) is 6.71. The Bertz CT molecular complexity index is 817. The molecule has 1 rings (SSSR count). The van der Waals surface area contributed by atoms with Gasteiger partial charge in [-0.25, -0.2) is 0 Å². The molecule has 0 saturated carbocycles. The molecule has 6 nitrogen and oxygen atoms in total. The number of hydrogen-bond donors (Lipinski definition) is 2. The van der Waals surface area contributed by atoms with Gasteiger partial charge in [-0.05, 0) is 64.2 Å². The largest absolute Gasteiger partial charge is 0.376 e. The van der Waals surface area contributed by atoms with E-state index in [0.29, 0.717) is 29.4 Å². The number of Topliss-reactive ketones (excluding diaryl/α,β-unsaturated/α-hetero) is 1. The van der Waals surface area contributed by atoms with Crippen molar-refractivity contribution in [3.8, 4) is 0 Å². The second kappa shape index (κ2) is 14.9. The van der Waals surface area contributed by atoms with E-state index in [1.807, 2.05) is 34.6 Å². The first-order valence-corrected chi connectivity index (χ1v) is 14.5. The first-order valence-electron chi connectivity index (χ1n) is 12.3. The van der Waals surface area contributed by atoms with E-state index in [0.717, 1.165) is 17.3 Å². The molecule has 0 bridgehead atoms. The fraction of sp³-hybridized carbons (Fsp3) is 0.667. The van der Waals surface area contributed by atoms with Crippen LogP contribution in [0.25, 0.3) is 0 Å². The van der Waals surface area contributed by atoms with Crippen LogP contribution in [0.5, 0.6) is 0 Å². The predicted molar refractivity (Wildman–Crippen MR) is 150 cm³/mol. The van der Waals surface area contributed by atoms with Crippen LogP contribution in [0.2, 0.25) is 0 Å². The molecule has 0 aliphatic carbocycles. The lowest BCUT2D eigenvalue weighted by Crippen LogP contribution is -2.48. The van der Waals surface area contributed by atoms with E-state index in [1.165, 1.54) is 0 Å². The van der Waals surface area contributed by atoms with E-state index in [-0.39, 0.29) is 35.7 Å². The van der Waals surface area contributed by atoms with Crippen molar-refractivity contribution in [2.45, 2.75) is 78.2 Å². The minimum Gasteiger partial charge on any atom is -0.376 e. The maximum absolute atomic E-state index is 13.0. The lowest BCUT2D eigenvalue weighted by atomic mass is 9.99. The number of nitrogens with one attached hydrogen (secondary N) is 2. The van der Waals surface area contributed by atoms with E-state index < -0.39 is 5.54 Å². The van der Waals surface area contributed by atoms with Crippen LogP contribution < -0.4 is 10.6 Å². The Hall–Kier alpha value is -1.51. The van der Waals surface area contributed by atoms with Crippen molar-refractivity contribution in [2.24, 2.45) is 5.92 Å². The Kier molecular flexibility index (Phi) is 13.4. The maximum Gasteiger partial charge on any atom is 0.251 e. The van der Waals surface area contributed by atoms with Crippen molar-refractivity contribution in [2.75, 3.05) is 30.4 Å². The van der Waals surface area contributed by atoms with Gasteiger partial charge >= 0.3 is 0 Å². The number of ketones is 1. The number of carbonyl (C=O) groups is 3. The molecule has 2 amide bonds. The number of thioether (sulfide) groups is 2. The summed E-state index contributed by atoms with van der Waals surface area (Å²) in [6.07, 6.45) is 0.660. The topological polar surface area (TPSA) is 84.5 Å². The van der Waals surface area contributed by atoms with Gasteiger partial charge in [0, 0.05) is 40.7 Å². The zero-order chi connectivity index (χ0) is 26.6. The van der Waals surface area contributed by atoms with Crippen LogP contribution in [0.4, 0.5) is 0 Å². The van der Waals surface area contributed by atoms with Crippen LogP contribution in [0.15, 0.2) is 24.3 Å². The predicted octanol–water partition coefficient (Wildman–Crippen LogP) is 5.21. The second-order valence-electron chi connectivity index (χ2n) is 10.5. The monoisotopic (exact) mass is 524 g/mol. The summed E-state index contributed by atoms with van der Waals surface area (Å²) >= 11 is 3.57. The Labute approximate surface area is 220 Å². The molecule has 1 aromatic rings. The number of amides is 2. The van der Waals surface area contributed by atoms with Crippen LogP contribution in [0, 0.1) is 5.92 Å². The number of hydrogen-bond acceptors (Lipinski definition) is 6. The van der Waals surface area contributed by atoms with Crippen molar-refractivity contribution in [3.63, 3.8) is 0 Å². The molecule has 1 atom stereocenters. The highest BCUT2D eigenvalue weighted by molar-refractivity contribution is 8.00. The summed E-state index contributed by atoms with van der Waals surface area (Å²) in [6.45, 7) is 16.6. The maximum atomic E-state index is 13.0. The Morgan fingerprint density at radius 2 is 1.57 bits per heavy atom. The molecule has 0 fully saturated rings. The molecular formula is C27H44N2O4S2. The van der Waals surface area contributed by atoms with Crippen LogP contribution in [-0.4, -0.2) is 64.4 Å². The van der Waals surface area contributed by atoms with Gasteiger partial charge < -0.3 is 15.4 Å². The zero-order valence-electron chi connectivity index (χ0n) is 22.7. The molecule has 0 aliphatic rings. The third-order valence-electron chi connectivity index (χ3n) is 5.11. The number of ether oxygens (including phenoxy) is 1. The van der Waals surface area contributed by atoms with Gasteiger partial charge in [-0.3, -0.25) is 14.4 Å². The van der Waals surface area contributed by atoms with E-state index in [2.05, 4.69) is 31.4 Å². The zero-order valence-corrected chi connectivity index (χ0v) is 24.3. The standard InChI is InChI=1S/C27H44N2O4S2/c1-9-34-17-22(18-35-19(2)3)24(31)20-10-12-21(13-11-20)25(32)28-16-23(30)29-27(7,8)14-15-33-26(4,5)6/h10-13,19,22H,9,14-18H2,1-8H3,(H,28,32)(H,29,30). The molecule has 0 aromatic heterocycles. The fourth-order valence-electron chi connectivity index (χ4n) is 3.15. The van der Waals surface area contributed by atoms with Gasteiger partial charge in [-0.2, -0.15) is 23.5 Å². The quantitative estimate of drug-likeness (QED) is 0.307. The molecule has 0 spiro atoms. The third-order valence-corrected chi connectivity index (χ3v) is 7.41. The van der Waals surface area contributed by atoms with Crippen molar-refractivity contribution in [3.05, 3.63) is 35.4 Å². The molecule has 0 saturated heterocycles. The number of rotatable bonds is 15.